The van der Waals surface area contributed by atoms with Gasteiger partial charge in [-0.15, -0.1) is 0 Å². The van der Waals surface area contributed by atoms with Gasteiger partial charge in [-0.05, 0) is 62.0 Å². The van der Waals surface area contributed by atoms with Crippen LogP contribution in [0.1, 0.15) is 33.5 Å². The molecule has 35 heavy (non-hydrogen) atoms. The molecule has 0 fully saturated rings. The molecule has 3 aromatic rings. The molecule has 0 bridgehead atoms. The van der Waals surface area contributed by atoms with Crippen LogP contribution in [0, 0.1) is 0 Å². The molecule has 4 rings (SSSR count). The minimum atomic E-state index is -0.449. The first-order valence-corrected chi connectivity index (χ1v) is 11.6. The van der Waals surface area contributed by atoms with Crippen molar-refractivity contribution in [1.29, 1.82) is 0 Å². The zero-order chi connectivity index (χ0) is 24.8. The smallest absolute Gasteiger partial charge is 0.337 e. The Balaban J connectivity index is 1.67. The minimum Gasteiger partial charge on any atom is -0.465 e. The number of carbonyl (C=O) groups is 2. The van der Waals surface area contributed by atoms with Crippen LogP contribution in [0.3, 0.4) is 0 Å². The SMILES string of the molecule is COC(=O)c1ccc2c(c1)NC(=O)/C2=C(\Nc1ccc(CN(C)CCCN)cc1)c1ccccc1. The number of amides is 1. The topological polar surface area (TPSA) is 96.7 Å². The monoisotopic (exact) mass is 470 g/mol. The number of nitrogens with zero attached hydrogens (tertiary/aromatic N) is 1. The van der Waals surface area contributed by atoms with Crippen LogP contribution in [0.25, 0.3) is 11.3 Å². The lowest BCUT2D eigenvalue weighted by Gasteiger charge is -2.17. The van der Waals surface area contributed by atoms with Gasteiger partial charge in [0.2, 0.25) is 0 Å². The Labute approximate surface area is 205 Å². The Bertz CT molecular complexity index is 1240. The van der Waals surface area contributed by atoms with E-state index in [9.17, 15) is 9.59 Å². The lowest BCUT2D eigenvalue weighted by molar-refractivity contribution is -0.110. The highest BCUT2D eigenvalue weighted by molar-refractivity contribution is 6.37. The Morgan fingerprint density at radius 3 is 2.46 bits per heavy atom. The highest BCUT2D eigenvalue weighted by atomic mass is 16.5. The van der Waals surface area contributed by atoms with E-state index in [1.54, 1.807) is 18.2 Å². The Kier molecular flexibility index (Phi) is 7.60. The molecule has 0 radical (unpaired) electrons. The van der Waals surface area contributed by atoms with Crippen molar-refractivity contribution < 1.29 is 14.3 Å². The normalized spacial score (nSPS) is 13.9. The van der Waals surface area contributed by atoms with Crippen molar-refractivity contribution in [3.63, 3.8) is 0 Å². The summed E-state index contributed by atoms with van der Waals surface area (Å²) in [6, 6.07) is 23.0. The first kappa shape index (κ1) is 24.2. The number of ether oxygens (including phenoxy) is 1. The number of hydrogen-bond donors (Lipinski definition) is 3. The molecule has 7 heteroatoms. The van der Waals surface area contributed by atoms with E-state index in [2.05, 4.69) is 34.7 Å². The second kappa shape index (κ2) is 11.0. The molecule has 0 atom stereocenters. The first-order valence-electron chi connectivity index (χ1n) is 11.6. The van der Waals surface area contributed by atoms with Gasteiger partial charge in [-0.3, -0.25) is 4.79 Å². The fraction of sp³-hybridized carbons (Fsp3) is 0.214. The van der Waals surface area contributed by atoms with Gasteiger partial charge in [0.05, 0.1) is 29.6 Å². The molecule has 4 N–H and O–H groups in total. The second-order valence-corrected chi connectivity index (χ2v) is 8.52. The molecular weight excluding hydrogens is 440 g/mol. The molecule has 3 aromatic carbocycles. The van der Waals surface area contributed by atoms with E-state index in [0.717, 1.165) is 36.3 Å². The standard InChI is InChI=1S/C28H30N4O3/c1-32(16-6-15-29)18-19-9-12-22(13-10-19)30-26(20-7-4-3-5-8-20)25-23-14-11-21(28(34)35-2)17-24(23)31-27(25)33/h3-5,7-14,17,30H,6,15-16,18,29H2,1-2H3,(H,31,33)/b26-25-. The number of hydrogen-bond acceptors (Lipinski definition) is 6. The molecule has 0 saturated heterocycles. The van der Waals surface area contributed by atoms with E-state index in [1.807, 2.05) is 42.5 Å². The fourth-order valence-electron chi connectivity index (χ4n) is 4.14. The predicted molar refractivity (Wildman–Crippen MR) is 140 cm³/mol. The molecule has 7 nitrogen and oxygen atoms in total. The highest BCUT2D eigenvalue weighted by Gasteiger charge is 2.29. The van der Waals surface area contributed by atoms with Crippen LogP contribution in [0.2, 0.25) is 0 Å². The van der Waals surface area contributed by atoms with Gasteiger partial charge in [-0.25, -0.2) is 4.79 Å². The van der Waals surface area contributed by atoms with Crippen LogP contribution in [-0.4, -0.2) is 44.0 Å². The summed E-state index contributed by atoms with van der Waals surface area (Å²) < 4.78 is 4.81. The number of fused-ring (bicyclic) bond motifs is 1. The molecular formula is C28H30N4O3. The third-order valence-corrected chi connectivity index (χ3v) is 5.92. The van der Waals surface area contributed by atoms with Crippen molar-refractivity contribution in [2.45, 2.75) is 13.0 Å². The van der Waals surface area contributed by atoms with Crippen molar-refractivity contribution in [2.75, 3.05) is 37.9 Å². The van der Waals surface area contributed by atoms with Crippen LogP contribution < -0.4 is 16.4 Å². The minimum absolute atomic E-state index is 0.230. The van der Waals surface area contributed by atoms with Gasteiger partial charge >= 0.3 is 5.97 Å². The van der Waals surface area contributed by atoms with Crippen LogP contribution >= 0.6 is 0 Å². The van der Waals surface area contributed by atoms with Gasteiger partial charge in [-0.1, -0.05) is 48.5 Å². The summed E-state index contributed by atoms with van der Waals surface area (Å²) >= 11 is 0. The number of carbonyl (C=O) groups excluding carboxylic acids is 2. The number of methoxy groups -OCH3 is 1. The Hall–Kier alpha value is -3.94. The first-order chi connectivity index (χ1) is 17.0. The van der Waals surface area contributed by atoms with E-state index >= 15 is 0 Å². The summed E-state index contributed by atoms with van der Waals surface area (Å²) in [4.78, 5) is 27.3. The van der Waals surface area contributed by atoms with Crippen molar-refractivity contribution in [3.8, 4) is 0 Å². The van der Waals surface area contributed by atoms with Crippen LogP contribution in [0.4, 0.5) is 11.4 Å². The highest BCUT2D eigenvalue weighted by Crippen LogP contribution is 2.38. The molecule has 0 aliphatic carbocycles. The number of benzene rings is 3. The maximum absolute atomic E-state index is 13.1. The molecule has 1 aliphatic rings. The van der Waals surface area contributed by atoms with Crippen molar-refractivity contribution in [2.24, 2.45) is 5.73 Å². The quantitative estimate of drug-likeness (QED) is 0.321. The van der Waals surface area contributed by atoms with Crippen molar-refractivity contribution >= 4 is 34.5 Å². The number of anilines is 2. The van der Waals surface area contributed by atoms with Crippen LogP contribution in [0.5, 0.6) is 0 Å². The fourth-order valence-corrected chi connectivity index (χ4v) is 4.14. The average Bonchev–Trinajstić information content (AvgIpc) is 3.21. The molecule has 0 spiro atoms. The second-order valence-electron chi connectivity index (χ2n) is 8.52. The van der Waals surface area contributed by atoms with Gasteiger partial charge in [0.1, 0.15) is 0 Å². The van der Waals surface area contributed by atoms with Crippen LogP contribution in [0.15, 0.2) is 72.8 Å². The maximum Gasteiger partial charge on any atom is 0.337 e. The zero-order valence-electron chi connectivity index (χ0n) is 20.0. The number of esters is 1. The molecule has 1 amide bonds. The molecule has 1 aliphatic heterocycles. The van der Waals surface area contributed by atoms with E-state index in [1.165, 1.54) is 12.7 Å². The number of nitrogens with two attached hydrogens (primary N) is 1. The summed E-state index contributed by atoms with van der Waals surface area (Å²) in [6.45, 7) is 2.48. The van der Waals surface area contributed by atoms with E-state index in [4.69, 9.17) is 10.5 Å². The van der Waals surface area contributed by atoms with Crippen molar-refractivity contribution in [3.05, 3.63) is 95.1 Å². The molecule has 1 heterocycles. The van der Waals surface area contributed by atoms with Gasteiger partial charge in [0, 0.05) is 17.8 Å². The maximum atomic E-state index is 13.1. The summed E-state index contributed by atoms with van der Waals surface area (Å²) in [6.07, 6.45) is 0.967. The average molecular weight is 471 g/mol. The third kappa shape index (κ3) is 5.59. The number of rotatable bonds is 9. The summed E-state index contributed by atoms with van der Waals surface area (Å²) in [5, 5.41) is 6.36. The molecule has 0 unspecified atom stereocenters. The van der Waals surface area contributed by atoms with E-state index in [0.29, 0.717) is 29.1 Å². The lowest BCUT2D eigenvalue weighted by Crippen LogP contribution is -2.21. The van der Waals surface area contributed by atoms with Crippen LogP contribution in [-0.2, 0) is 16.1 Å². The van der Waals surface area contributed by atoms with Gasteiger partial charge in [-0.2, -0.15) is 0 Å². The summed E-state index contributed by atoms with van der Waals surface area (Å²) in [5.41, 5.74) is 11.5. The lowest BCUT2D eigenvalue weighted by atomic mass is 9.99. The zero-order valence-corrected chi connectivity index (χ0v) is 20.0. The van der Waals surface area contributed by atoms with Gasteiger partial charge in [0.15, 0.2) is 0 Å². The third-order valence-electron chi connectivity index (χ3n) is 5.92. The van der Waals surface area contributed by atoms with Gasteiger partial charge in [0.25, 0.3) is 5.91 Å². The summed E-state index contributed by atoms with van der Waals surface area (Å²) in [5.74, 6) is -0.679. The predicted octanol–water partition coefficient (Wildman–Crippen LogP) is 4.19. The molecule has 0 saturated carbocycles. The van der Waals surface area contributed by atoms with Crippen molar-refractivity contribution in [1.82, 2.24) is 4.90 Å². The molecule has 0 aromatic heterocycles. The van der Waals surface area contributed by atoms with E-state index < -0.39 is 5.97 Å². The Morgan fingerprint density at radius 2 is 1.77 bits per heavy atom. The van der Waals surface area contributed by atoms with Gasteiger partial charge < -0.3 is 26.0 Å². The molecule has 180 valence electrons. The Morgan fingerprint density at radius 1 is 1.03 bits per heavy atom. The number of nitrogens with one attached hydrogen (secondary N) is 2. The largest absolute Gasteiger partial charge is 0.465 e. The summed E-state index contributed by atoms with van der Waals surface area (Å²) in [7, 11) is 3.42. The van der Waals surface area contributed by atoms with E-state index in [-0.39, 0.29) is 5.91 Å².